The van der Waals surface area contributed by atoms with E-state index < -0.39 is 6.04 Å². The summed E-state index contributed by atoms with van der Waals surface area (Å²) in [7, 11) is 0. The van der Waals surface area contributed by atoms with E-state index in [1.807, 2.05) is 4.90 Å². The van der Waals surface area contributed by atoms with Crippen molar-refractivity contribution in [3.63, 3.8) is 0 Å². The molecule has 2 heterocycles. The zero-order chi connectivity index (χ0) is 15.7. The maximum atomic E-state index is 12.4. The fourth-order valence-corrected chi connectivity index (χ4v) is 4.22. The predicted molar refractivity (Wildman–Crippen MR) is 83.7 cm³/mol. The molecule has 0 bridgehead atoms. The van der Waals surface area contributed by atoms with Crippen LogP contribution in [0.15, 0.2) is 0 Å². The monoisotopic (exact) mass is 318 g/mol. The lowest BCUT2D eigenvalue weighted by Crippen LogP contribution is -2.53. The van der Waals surface area contributed by atoms with Crippen molar-refractivity contribution >= 4 is 28.2 Å². The van der Waals surface area contributed by atoms with Gasteiger partial charge in [-0.05, 0) is 31.7 Å². The van der Waals surface area contributed by atoms with Gasteiger partial charge >= 0.3 is 0 Å². The maximum absolute atomic E-state index is 12.4. The van der Waals surface area contributed by atoms with Crippen LogP contribution < -0.4 is 10.6 Å². The molecular formula is C15H18N4O2S. The molecule has 1 aromatic rings. The molecule has 1 aromatic heterocycles. The summed E-state index contributed by atoms with van der Waals surface area (Å²) in [5.74, 6) is -0.218. The maximum Gasteiger partial charge on any atom is 0.242 e. The molecule has 0 unspecified atom stereocenters. The topological polar surface area (TPSA) is 85.2 Å². The number of aryl methyl sites for hydroxylation is 1. The molecular weight excluding hydrogens is 300 g/mol. The Hall–Kier alpha value is -1.91. The summed E-state index contributed by atoms with van der Waals surface area (Å²) in [4.78, 5) is 26.9. The minimum Gasteiger partial charge on any atom is -0.354 e. The van der Waals surface area contributed by atoms with Crippen LogP contribution in [0.5, 0.6) is 0 Å². The molecule has 2 N–H and O–H groups in total. The van der Waals surface area contributed by atoms with Gasteiger partial charge in [0.1, 0.15) is 11.1 Å². The Morgan fingerprint density at radius 2 is 2.32 bits per heavy atom. The first-order valence-electron chi connectivity index (χ1n) is 7.46. The van der Waals surface area contributed by atoms with Crippen LogP contribution >= 0.6 is 11.3 Å². The van der Waals surface area contributed by atoms with Gasteiger partial charge in [-0.3, -0.25) is 14.5 Å². The van der Waals surface area contributed by atoms with Crippen LogP contribution in [-0.2, 0) is 22.4 Å². The van der Waals surface area contributed by atoms with Crippen molar-refractivity contribution in [3.05, 3.63) is 16.0 Å². The minimum atomic E-state index is -0.394. The van der Waals surface area contributed by atoms with Gasteiger partial charge in [-0.25, -0.2) is 0 Å². The highest BCUT2D eigenvalue weighted by atomic mass is 32.1. The average Bonchev–Trinajstić information content (AvgIpc) is 3.06. The van der Waals surface area contributed by atoms with Gasteiger partial charge in [0.2, 0.25) is 11.8 Å². The smallest absolute Gasteiger partial charge is 0.242 e. The van der Waals surface area contributed by atoms with E-state index in [1.165, 1.54) is 16.2 Å². The molecule has 1 fully saturated rings. The third kappa shape index (κ3) is 2.72. The highest BCUT2D eigenvalue weighted by Crippen LogP contribution is 2.38. The molecule has 0 saturated carbocycles. The molecule has 1 atom stereocenters. The number of fused-ring (bicyclic) bond motifs is 1. The van der Waals surface area contributed by atoms with Gasteiger partial charge in [-0.2, -0.15) is 5.26 Å². The van der Waals surface area contributed by atoms with Crippen LogP contribution in [0.25, 0.3) is 0 Å². The summed E-state index contributed by atoms with van der Waals surface area (Å²) < 4.78 is 0. The van der Waals surface area contributed by atoms with E-state index in [0.717, 1.165) is 24.8 Å². The first-order valence-corrected chi connectivity index (χ1v) is 8.28. The lowest BCUT2D eigenvalue weighted by Gasteiger charge is -2.30. The van der Waals surface area contributed by atoms with Gasteiger partial charge in [-0.1, -0.05) is 0 Å². The largest absolute Gasteiger partial charge is 0.354 e. The van der Waals surface area contributed by atoms with E-state index in [1.54, 1.807) is 6.92 Å². The number of amides is 2. The second-order valence-electron chi connectivity index (χ2n) is 5.66. The van der Waals surface area contributed by atoms with Crippen molar-refractivity contribution in [2.24, 2.45) is 0 Å². The number of anilines is 1. The van der Waals surface area contributed by atoms with Crippen LogP contribution in [-0.4, -0.2) is 42.4 Å². The van der Waals surface area contributed by atoms with E-state index in [2.05, 4.69) is 16.7 Å². The Morgan fingerprint density at radius 3 is 3.05 bits per heavy atom. The van der Waals surface area contributed by atoms with Crippen molar-refractivity contribution in [2.75, 3.05) is 25.0 Å². The number of nitrogens with zero attached hydrogens (tertiary/aromatic N) is 2. The van der Waals surface area contributed by atoms with Crippen molar-refractivity contribution in [1.29, 1.82) is 5.26 Å². The van der Waals surface area contributed by atoms with Crippen LogP contribution in [0.4, 0.5) is 5.00 Å². The first-order chi connectivity index (χ1) is 10.6. The van der Waals surface area contributed by atoms with E-state index in [9.17, 15) is 14.9 Å². The van der Waals surface area contributed by atoms with Crippen molar-refractivity contribution < 1.29 is 9.59 Å². The molecule has 0 spiro atoms. The highest BCUT2D eigenvalue weighted by Gasteiger charge is 2.28. The van der Waals surface area contributed by atoms with Gasteiger partial charge in [0, 0.05) is 18.0 Å². The number of piperazine rings is 1. The Bertz CT molecular complexity index is 661. The van der Waals surface area contributed by atoms with Gasteiger partial charge < -0.3 is 10.6 Å². The summed E-state index contributed by atoms with van der Waals surface area (Å²) in [5, 5.41) is 15.6. The molecule has 3 rings (SSSR count). The summed E-state index contributed by atoms with van der Waals surface area (Å²) in [6.45, 7) is 3.25. The minimum absolute atomic E-state index is 0.0567. The number of nitriles is 1. The molecule has 22 heavy (non-hydrogen) atoms. The molecule has 0 radical (unpaired) electrons. The van der Waals surface area contributed by atoms with Gasteiger partial charge in [0.05, 0.1) is 18.2 Å². The molecule has 7 heteroatoms. The number of hydrogen-bond donors (Lipinski definition) is 2. The second kappa shape index (κ2) is 6.07. The van der Waals surface area contributed by atoms with Crippen LogP contribution in [0.1, 0.15) is 29.3 Å². The van der Waals surface area contributed by atoms with E-state index in [0.29, 0.717) is 23.7 Å². The van der Waals surface area contributed by atoms with Crippen LogP contribution in [0.3, 0.4) is 0 Å². The van der Waals surface area contributed by atoms with Crippen molar-refractivity contribution in [3.8, 4) is 6.07 Å². The number of carbonyl (C=O) groups excluding carboxylic acids is 2. The summed E-state index contributed by atoms with van der Waals surface area (Å²) in [6.07, 6.45) is 3.00. The van der Waals surface area contributed by atoms with E-state index in [4.69, 9.17) is 0 Å². The molecule has 2 amide bonds. The first kappa shape index (κ1) is 15.0. The number of carbonyl (C=O) groups is 2. The van der Waals surface area contributed by atoms with Crippen molar-refractivity contribution in [2.45, 2.75) is 32.2 Å². The van der Waals surface area contributed by atoms with E-state index >= 15 is 0 Å². The Kier molecular flexibility index (Phi) is 4.14. The molecule has 116 valence electrons. The predicted octanol–water partition coefficient (Wildman–Crippen LogP) is 0.867. The lowest BCUT2D eigenvalue weighted by molar-refractivity contribution is -0.127. The Labute approximate surface area is 133 Å². The summed E-state index contributed by atoms with van der Waals surface area (Å²) in [6, 6.07) is 1.83. The fourth-order valence-electron chi connectivity index (χ4n) is 2.98. The normalized spacial score (nSPS) is 19.2. The Balaban J connectivity index is 1.72. The summed E-state index contributed by atoms with van der Waals surface area (Å²) in [5.41, 5.74) is 1.72. The standard InChI is InChI=1S/C15H18N4O2S/c1-9(19-6-5-17-13(20)8-19)14(21)18-15-11(7-16)10-3-2-4-12(10)22-15/h9H,2-6,8H2,1H3,(H,17,20)(H,18,21)/t9-/m1/s1. The molecule has 0 aromatic carbocycles. The molecule has 1 saturated heterocycles. The van der Waals surface area contributed by atoms with Crippen molar-refractivity contribution in [1.82, 2.24) is 10.2 Å². The number of hydrogen-bond acceptors (Lipinski definition) is 5. The molecule has 1 aliphatic carbocycles. The average molecular weight is 318 g/mol. The zero-order valence-corrected chi connectivity index (χ0v) is 13.3. The van der Waals surface area contributed by atoms with E-state index in [-0.39, 0.29) is 18.4 Å². The number of thiophene rings is 1. The fraction of sp³-hybridized carbons (Fsp3) is 0.533. The zero-order valence-electron chi connectivity index (χ0n) is 12.4. The lowest BCUT2D eigenvalue weighted by atomic mass is 10.1. The summed E-state index contributed by atoms with van der Waals surface area (Å²) >= 11 is 1.51. The third-order valence-corrected chi connectivity index (χ3v) is 5.47. The second-order valence-corrected chi connectivity index (χ2v) is 6.76. The van der Waals surface area contributed by atoms with Gasteiger partial charge in [0.25, 0.3) is 0 Å². The number of rotatable bonds is 3. The SMILES string of the molecule is C[C@H](C(=O)Nc1sc2c(c1C#N)CCC2)N1CCNC(=O)C1. The molecule has 6 nitrogen and oxygen atoms in total. The van der Waals surface area contributed by atoms with Gasteiger partial charge in [0.15, 0.2) is 0 Å². The molecule has 1 aliphatic heterocycles. The quantitative estimate of drug-likeness (QED) is 0.866. The number of nitrogens with one attached hydrogen (secondary N) is 2. The van der Waals surface area contributed by atoms with Crippen LogP contribution in [0, 0.1) is 11.3 Å². The van der Waals surface area contributed by atoms with Crippen LogP contribution in [0.2, 0.25) is 0 Å². The Morgan fingerprint density at radius 1 is 1.50 bits per heavy atom. The third-order valence-electron chi connectivity index (χ3n) is 4.26. The molecule has 2 aliphatic rings. The van der Waals surface area contributed by atoms with Gasteiger partial charge in [-0.15, -0.1) is 11.3 Å². The highest BCUT2D eigenvalue weighted by molar-refractivity contribution is 7.16.